The summed E-state index contributed by atoms with van der Waals surface area (Å²) in [5.74, 6) is 1.05. The fourth-order valence-corrected chi connectivity index (χ4v) is 2.48. The van der Waals surface area contributed by atoms with Crippen molar-refractivity contribution in [3.63, 3.8) is 0 Å². The van der Waals surface area contributed by atoms with Crippen molar-refractivity contribution in [3.8, 4) is 11.3 Å². The summed E-state index contributed by atoms with van der Waals surface area (Å²) in [5, 5.41) is 3.33. The van der Waals surface area contributed by atoms with Gasteiger partial charge in [-0.1, -0.05) is 30.3 Å². The average Bonchev–Trinajstić information content (AvgIpc) is 2.56. The van der Waals surface area contributed by atoms with Crippen LogP contribution in [-0.2, 0) is 4.74 Å². The van der Waals surface area contributed by atoms with Crippen LogP contribution >= 0.6 is 0 Å². The molecule has 3 N–H and O–H groups in total. The Morgan fingerprint density at radius 3 is 2.68 bits per heavy atom. The highest BCUT2D eigenvalue weighted by molar-refractivity contribution is 5.63. The minimum Gasteiger partial charge on any atom is -0.379 e. The second kappa shape index (κ2) is 7.20. The zero-order valence-electron chi connectivity index (χ0n) is 12.5. The predicted octanol–water partition coefficient (Wildman–Crippen LogP) is 1.47. The molecule has 1 aliphatic rings. The van der Waals surface area contributed by atoms with E-state index >= 15 is 0 Å². The van der Waals surface area contributed by atoms with E-state index in [9.17, 15) is 0 Å². The largest absolute Gasteiger partial charge is 0.379 e. The highest BCUT2D eigenvalue weighted by Gasteiger charge is 2.10. The minimum atomic E-state index is 0.287. The topological polar surface area (TPSA) is 76.3 Å². The summed E-state index contributed by atoms with van der Waals surface area (Å²) in [6, 6.07) is 11.9. The lowest BCUT2D eigenvalue weighted by atomic mass is 10.1. The lowest BCUT2D eigenvalue weighted by Crippen LogP contribution is -2.39. The Hall–Kier alpha value is -2.18. The van der Waals surface area contributed by atoms with Gasteiger partial charge >= 0.3 is 0 Å². The van der Waals surface area contributed by atoms with E-state index in [0.717, 1.165) is 56.5 Å². The molecule has 0 bridgehead atoms. The first-order valence-corrected chi connectivity index (χ1v) is 7.55. The van der Waals surface area contributed by atoms with Gasteiger partial charge in [0.2, 0.25) is 5.95 Å². The smallest absolute Gasteiger partial charge is 0.222 e. The van der Waals surface area contributed by atoms with Gasteiger partial charge in [0, 0.05) is 37.8 Å². The molecule has 1 aliphatic heterocycles. The third-order valence-electron chi connectivity index (χ3n) is 3.65. The van der Waals surface area contributed by atoms with E-state index < -0.39 is 0 Å². The lowest BCUT2D eigenvalue weighted by molar-refractivity contribution is 0.0398. The summed E-state index contributed by atoms with van der Waals surface area (Å²) in [5.41, 5.74) is 7.69. The van der Waals surface area contributed by atoms with Crippen LogP contribution in [0.25, 0.3) is 11.3 Å². The van der Waals surface area contributed by atoms with Crippen LogP contribution in [0.2, 0.25) is 0 Å². The number of nitrogens with one attached hydrogen (secondary N) is 1. The molecule has 6 heteroatoms. The summed E-state index contributed by atoms with van der Waals surface area (Å²) >= 11 is 0. The molecule has 116 valence electrons. The van der Waals surface area contributed by atoms with Gasteiger partial charge in [-0.3, -0.25) is 4.90 Å². The third kappa shape index (κ3) is 3.93. The molecule has 1 saturated heterocycles. The summed E-state index contributed by atoms with van der Waals surface area (Å²) in [7, 11) is 0. The number of nitrogens with zero attached hydrogens (tertiary/aromatic N) is 3. The van der Waals surface area contributed by atoms with Crippen LogP contribution in [0, 0.1) is 0 Å². The van der Waals surface area contributed by atoms with E-state index in [1.807, 2.05) is 36.4 Å². The summed E-state index contributed by atoms with van der Waals surface area (Å²) < 4.78 is 5.35. The van der Waals surface area contributed by atoms with Crippen molar-refractivity contribution in [1.82, 2.24) is 14.9 Å². The molecule has 2 heterocycles. The standard InChI is InChI=1S/C16H21N5O/c17-16-19-14(13-4-2-1-3-5-13)12-15(20-16)18-6-7-21-8-10-22-11-9-21/h1-5,12H,6-11H2,(H3,17,18,19,20). The molecule has 0 radical (unpaired) electrons. The third-order valence-corrected chi connectivity index (χ3v) is 3.65. The van der Waals surface area contributed by atoms with Gasteiger partial charge in [-0.25, -0.2) is 4.98 Å². The van der Waals surface area contributed by atoms with E-state index in [4.69, 9.17) is 10.5 Å². The summed E-state index contributed by atoms with van der Waals surface area (Å²) in [6.45, 7) is 5.40. The number of aromatic nitrogens is 2. The molecular formula is C16H21N5O. The van der Waals surface area contributed by atoms with E-state index in [1.165, 1.54) is 0 Å². The highest BCUT2D eigenvalue weighted by Crippen LogP contribution is 2.20. The fraction of sp³-hybridized carbons (Fsp3) is 0.375. The number of morpholine rings is 1. The molecule has 6 nitrogen and oxygen atoms in total. The van der Waals surface area contributed by atoms with Crippen LogP contribution in [0.15, 0.2) is 36.4 Å². The number of nitrogens with two attached hydrogens (primary N) is 1. The second-order valence-corrected chi connectivity index (χ2v) is 5.24. The van der Waals surface area contributed by atoms with Crippen molar-refractivity contribution in [2.45, 2.75) is 0 Å². The first kappa shape index (κ1) is 14.7. The van der Waals surface area contributed by atoms with E-state index in [1.54, 1.807) is 0 Å². The predicted molar refractivity (Wildman–Crippen MR) is 87.6 cm³/mol. The number of nitrogen functional groups attached to an aromatic ring is 1. The number of rotatable bonds is 5. The Bertz CT molecular complexity index is 599. The molecule has 0 unspecified atom stereocenters. The molecule has 1 fully saturated rings. The van der Waals surface area contributed by atoms with E-state index in [-0.39, 0.29) is 5.95 Å². The van der Waals surface area contributed by atoms with Gasteiger partial charge in [-0.05, 0) is 0 Å². The molecule has 3 rings (SSSR count). The van der Waals surface area contributed by atoms with Gasteiger partial charge in [0.15, 0.2) is 0 Å². The van der Waals surface area contributed by atoms with Crippen molar-refractivity contribution in [2.24, 2.45) is 0 Å². The molecular weight excluding hydrogens is 278 g/mol. The maximum Gasteiger partial charge on any atom is 0.222 e. The summed E-state index contributed by atoms with van der Waals surface area (Å²) in [6.07, 6.45) is 0. The number of ether oxygens (including phenoxy) is 1. The Kier molecular flexibility index (Phi) is 4.82. The number of hydrogen-bond acceptors (Lipinski definition) is 6. The van der Waals surface area contributed by atoms with Crippen molar-refractivity contribution in [3.05, 3.63) is 36.4 Å². The molecule has 0 spiro atoms. The zero-order chi connectivity index (χ0) is 15.2. The molecule has 1 aromatic carbocycles. The molecule has 0 amide bonds. The summed E-state index contributed by atoms with van der Waals surface area (Å²) in [4.78, 5) is 10.9. The van der Waals surface area contributed by atoms with Crippen molar-refractivity contribution >= 4 is 11.8 Å². The fourth-order valence-electron chi connectivity index (χ4n) is 2.48. The van der Waals surface area contributed by atoms with Gasteiger partial charge in [0.25, 0.3) is 0 Å². The zero-order valence-corrected chi connectivity index (χ0v) is 12.5. The van der Waals surface area contributed by atoms with Crippen LogP contribution in [-0.4, -0.2) is 54.3 Å². The van der Waals surface area contributed by atoms with Gasteiger partial charge in [0.1, 0.15) is 5.82 Å². The minimum absolute atomic E-state index is 0.287. The number of hydrogen-bond donors (Lipinski definition) is 2. The second-order valence-electron chi connectivity index (χ2n) is 5.24. The quantitative estimate of drug-likeness (QED) is 0.870. The maximum atomic E-state index is 5.82. The van der Waals surface area contributed by atoms with Crippen molar-refractivity contribution in [2.75, 3.05) is 50.4 Å². The van der Waals surface area contributed by atoms with E-state index in [0.29, 0.717) is 0 Å². The molecule has 0 aliphatic carbocycles. The van der Waals surface area contributed by atoms with Crippen LogP contribution in [0.5, 0.6) is 0 Å². The first-order valence-electron chi connectivity index (χ1n) is 7.55. The normalized spacial score (nSPS) is 15.6. The van der Waals surface area contributed by atoms with Crippen LogP contribution in [0.4, 0.5) is 11.8 Å². The van der Waals surface area contributed by atoms with Gasteiger partial charge in [-0.15, -0.1) is 0 Å². The molecule has 0 atom stereocenters. The number of benzene rings is 1. The highest BCUT2D eigenvalue weighted by atomic mass is 16.5. The van der Waals surface area contributed by atoms with Crippen molar-refractivity contribution < 1.29 is 4.74 Å². The molecule has 22 heavy (non-hydrogen) atoms. The SMILES string of the molecule is Nc1nc(NCCN2CCOCC2)cc(-c2ccccc2)n1. The van der Waals surface area contributed by atoms with Gasteiger partial charge < -0.3 is 15.8 Å². The Balaban J connectivity index is 1.62. The lowest BCUT2D eigenvalue weighted by Gasteiger charge is -2.26. The van der Waals surface area contributed by atoms with Gasteiger partial charge in [0.05, 0.1) is 18.9 Å². The average molecular weight is 299 g/mol. The monoisotopic (exact) mass is 299 g/mol. The number of anilines is 2. The Morgan fingerprint density at radius 1 is 1.14 bits per heavy atom. The maximum absolute atomic E-state index is 5.82. The van der Waals surface area contributed by atoms with Crippen LogP contribution in [0.3, 0.4) is 0 Å². The molecule has 0 saturated carbocycles. The Labute approximate surface area is 130 Å². The van der Waals surface area contributed by atoms with Crippen LogP contribution < -0.4 is 11.1 Å². The van der Waals surface area contributed by atoms with E-state index in [2.05, 4.69) is 20.2 Å². The molecule has 2 aromatic rings. The van der Waals surface area contributed by atoms with Crippen molar-refractivity contribution in [1.29, 1.82) is 0 Å². The Morgan fingerprint density at radius 2 is 1.91 bits per heavy atom. The van der Waals surface area contributed by atoms with Gasteiger partial charge in [-0.2, -0.15) is 4.98 Å². The first-order chi connectivity index (χ1) is 10.8. The van der Waals surface area contributed by atoms with Crippen LogP contribution in [0.1, 0.15) is 0 Å². The molecule has 1 aromatic heterocycles.